The van der Waals surface area contributed by atoms with Crippen LogP contribution in [-0.4, -0.2) is 57.5 Å². The first-order valence-electron chi connectivity index (χ1n) is 10.0. The van der Waals surface area contributed by atoms with Crippen molar-refractivity contribution in [1.82, 2.24) is 19.7 Å². The summed E-state index contributed by atoms with van der Waals surface area (Å²) in [5.74, 6) is 0.952. The normalized spacial score (nSPS) is 14.8. The molecular formula is C21H28N4O3S. The molecule has 0 atom stereocenters. The number of hydrogen-bond acceptors (Lipinski definition) is 6. The molecule has 7 nitrogen and oxygen atoms in total. The number of ether oxygens (including phenoxy) is 1. The molecule has 1 fully saturated rings. The zero-order valence-corrected chi connectivity index (χ0v) is 18.1. The van der Waals surface area contributed by atoms with Crippen LogP contribution in [0.3, 0.4) is 0 Å². The smallest absolute Gasteiger partial charge is 0.308 e. The van der Waals surface area contributed by atoms with Gasteiger partial charge in [-0.25, -0.2) is 0 Å². The Morgan fingerprint density at radius 1 is 1.24 bits per heavy atom. The highest BCUT2D eigenvalue weighted by molar-refractivity contribution is 7.99. The van der Waals surface area contributed by atoms with E-state index in [2.05, 4.69) is 40.7 Å². The summed E-state index contributed by atoms with van der Waals surface area (Å²) in [5, 5.41) is 9.50. The molecule has 0 radical (unpaired) electrons. The van der Waals surface area contributed by atoms with Gasteiger partial charge in [0.05, 0.1) is 18.8 Å². The zero-order valence-electron chi connectivity index (χ0n) is 17.3. The third-order valence-electron chi connectivity index (χ3n) is 5.15. The number of methoxy groups -OCH3 is 1. The number of carbonyl (C=O) groups is 2. The summed E-state index contributed by atoms with van der Waals surface area (Å²) in [5.41, 5.74) is 2.21. The van der Waals surface area contributed by atoms with Crippen molar-refractivity contribution in [2.24, 2.45) is 5.92 Å². The lowest BCUT2D eigenvalue weighted by Crippen LogP contribution is -2.41. The number of thioether (sulfide) groups is 1. The largest absolute Gasteiger partial charge is 0.469 e. The molecule has 0 spiro atoms. The van der Waals surface area contributed by atoms with E-state index in [1.54, 1.807) is 0 Å². The van der Waals surface area contributed by atoms with Gasteiger partial charge in [0.15, 0.2) is 11.0 Å². The molecular weight excluding hydrogens is 388 g/mol. The number of carbonyl (C=O) groups excluding carboxylic acids is 2. The topological polar surface area (TPSA) is 77.3 Å². The first-order valence-corrected chi connectivity index (χ1v) is 11.0. The standard InChI is InChI=1S/C21H28N4O3S/c1-4-10-25-19(17-7-5-6-15(2)13-17)22-23-21(25)29-14-18(26)24-11-8-16(9-12-24)20(27)28-3/h5-7,13,16H,4,8-12,14H2,1-3H3. The van der Waals surface area contributed by atoms with Crippen LogP contribution in [0.25, 0.3) is 11.4 Å². The molecule has 0 saturated carbocycles. The van der Waals surface area contributed by atoms with Crippen LogP contribution < -0.4 is 0 Å². The van der Waals surface area contributed by atoms with E-state index in [0.29, 0.717) is 31.7 Å². The van der Waals surface area contributed by atoms with Crippen molar-refractivity contribution in [3.8, 4) is 11.4 Å². The highest BCUT2D eigenvalue weighted by Crippen LogP contribution is 2.26. The molecule has 1 saturated heterocycles. The fourth-order valence-corrected chi connectivity index (χ4v) is 4.43. The van der Waals surface area contributed by atoms with Crippen LogP contribution in [-0.2, 0) is 20.9 Å². The minimum atomic E-state index is -0.178. The summed E-state index contributed by atoms with van der Waals surface area (Å²) >= 11 is 1.43. The molecule has 1 aliphatic heterocycles. The molecule has 29 heavy (non-hydrogen) atoms. The Morgan fingerprint density at radius 3 is 2.66 bits per heavy atom. The Bertz CT molecular complexity index is 859. The van der Waals surface area contributed by atoms with Crippen molar-refractivity contribution in [2.45, 2.75) is 44.8 Å². The average molecular weight is 417 g/mol. The quantitative estimate of drug-likeness (QED) is 0.510. The highest BCUT2D eigenvalue weighted by atomic mass is 32.2. The van der Waals surface area contributed by atoms with Crippen LogP contribution in [0.4, 0.5) is 0 Å². The summed E-state index contributed by atoms with van der Waals surface area (Å²) in [6.07, 6.45) is 2.28. The van der Waals surface area contributed by atoms with Gasteiger partial charge in [0, 0.05) is 25.2 Å². The number of benzene rings is 1. The Kier molecular flexibility index (Phi) is 7.30. The predicted molar refractivity (Wildman–Crippen MR) is 113 cm³/mol. The first-order chi connectivity index (χ1) is 14.0. The molecule has 156 valence electrons. The van der Waals surface area contributed by atoms with Crippen molar-refractivity contribution in [3.05, 3.63) is 29.8 Å². The van der Waals surface area contributed by atoms with Gasteiger partial charge in [-0.1, -0.05) is 42.4 Å². The Hall–Kier alpha value is -2.35. The van der Waals surface area contributed by atoms with E-state index < -0.39 is 0 Å². The van der Waals surface area contributed by atoms with E-state index in [-0.39, 0.29) is 17.8 Å². The third kappa shape index (κ3) is 5.18. The second-order valence-corrected chi connectivity index (χ2v) is 8.24. The van der Waals surface area contributed by atoms with Gasteiger partial charge in [-0.05, 0) is 32.3 Å². The molecule has 1 amide bonds. The van der Waals surface area contributed by atoms with Crippen LogP contribution in [0, 0.1) is 12.8 Å². The van der Waals surface area contributed by atoms with Crippen LogP contribution in [0.1, 0.15) is 31.7 Å². The van der Waals surface area contributed by atoms with E-state index in [9.17, 15) is 9.59 Å². The summed E-state index contributed by atoms with van der Waals surface area (Å²) in [6, 6.07) is 8.21. The lowest BCUT2D eigenvalue weighted by molar-refractivity contribution is -0.148. The number of nitrogens with zero attached hydrogens (tertiary/aromatic N) is 4. The Balaban J connectivity index is 1.63. The number of piperidine rings is 1. The molecule has 2 heterocycles. The minimum absolute atomic E-state index is 0.0708. The van der Waals surface area contributed by atoms with Crippen LogP contribution in [0.15, 0.2) is 29.4 Å². The van der Waals surface area contributed by atoms with Gasteiger partial charge < -0.3 is 14.2 Å². The summed E-state index contributed by atoms with van der Waals surface area (Å²) in [7, 11) is 1.41. The molecule has 2 aromatic rings. The van der Waals surface area contributed by atoms with Crippen molar-refractivity contribution >= 4 is 23.6 Å². The molecule has 1 aromatic carbocycles. The van der Waals surface area contributed by atoms with E-state index >= 15 is 0 Å². The molecule has 1 aliphatic rings. The lowest BCUT2D eigenvalue weighted by atomic mass is 9.97. The molecule has 0 bridgehead atoms. The highest BCUT2D eigenvalue weighted by Gasteiger charge is 2.28. The molecule has 0 unspecified atom stereocenters. The van der Waals surface area contributed by atoms with Crippen molar-refractivity contribution in [1.29, 1.82) is 0 Å². The maximum atomic E-state index is 12.6. The number of amides is 1. The summed E-state index contributed by atoms with van der Waals surface area (Å²) in [6.45, 7) is 6.16. The van der Waals surface area contributed by atoms with Gasteiger partial charge in [-0.2, -0.15) is 0 Å². The molecule has 8 heteroatoms. The summed E-state index contributed by atoms with van der Waals surface area (Å²) < 4.78 is 6.90. The van der Waals surface area contributed by atoms with Crippen LogP contribution in [0.2, 0.25) is 0 Å². The second kappa shape index (κ2) is 9.91. The molecule has 1 aromatic heterocycles. The van der Waals surface area contributed by atoms with Gasteiger partial charge in [0.25, 0.3) is 0 Å². The number of aromatic nitrogens is 3. The lowest BCUT2D eigenvalue weighted by Gasteiger charge is -2.30. The van der Waals surface area contributed by atoms with Gasteiger partial charge >= 0.3 is 5.97 Å². The predicted octanol–water partition coefficient (Wildman–Crippen LogP) is 3.17. The van der Waals surface area contributed by atoms with Crippen molar-refractivity contribution in [2.75, 3.05) is 26.0 Å². The van der Waals surface area contributed by atoms with E-state index in [4.69, 9.17) is 4.74 Å². The number of aryl methyl sites for hydroxylation is 1. The average Bonchev–Trinajstić information content (AvgIpc) is 3.14. The molecule has 0 N–H and O–H groups in total. The van der Waals surface area contributed by atoms with Gasteiger partial charge in [-0.15, -0.1) is 10.2 Å². The maximum absolute atomic E-state index is 12.6. The molecule has 3 rings (SSSR count). The fourth-order valence-electron chi connectivity index (χ4n) is 3.57. The zero-order chi connectivity index (χ0) is 20.8. The van der Waals surface area contributed by atoms with Gasteiger partial charge in [0.1, 0.15) is 0 Å². The van der Waals surface area contributed by atoms with E-state index in [1.807, 2.05) is 17.0 Å². The van der Waals surface area contributed by atoms with Gasteiger partial charge in [0.2, 0.25) is 5.91 Å². The van der Waals surface area contributed by atoms with E-state index in [0.717, 1.165) is 29.5 Å². The molecule has 0 aliphatic carbocycles. The number of likely N-dealkylation sites (tertiary alicyclic amines) is 1. The van der Waals surface area contributed by atoms with Crippen LogP contribution in [0.5, 0.6) is 0 Å². The number of rotatable bonds is 7. The third-order valence-corrected chi connectivity index (χ3v) is 6.10. The second-order valence-electron chi connectivity index (χ2n) is 7.29. The van der Waals surface area contributed by atoms with Crippen LogP contribution >= 0.6 is 11.8 Å². The number of hydrogen-bond donors (Lipinski definition) is 0. The monoisotopic (exact) mass is 416 g/mol. The van der Waals surface area contributed by atoms with Crippen molar-refractivity contribution in [3.63, 3.8) is 0 Å². The van der Waals surface area contributed by atoms with Crippen molar-refractivity contribution < 1.29 is 14.3 Å². The number of esters is 1. The Morgan fingerprint density at radius 2 is 2.00 bits per heavy atom. The SMILES string of the molecule is CCCn1c(SCC(=O)N2CCC(C(=O)OC)CC2)nnc1-c1cccc(C)c1. The fraction of sp³-hybridized carbons (Fsp3) is 0.524. The first kappa shape index (κ1) is 21.4. The maximum Gasteiger partial charge on any atom is 0.308 e. The minimum Gasteiger partial charge on any atom is -0.469 e. The summed E-state index contributed by atoms with van der Waals surface area (Å²) in [4.78, 5) is 26.1. The van der Waals surface area contributed by atoms with Gasteiger partial charge in [-0.3, -0.25) is 9.59 Å². The van der Waals surface area contributed by atoms with E-state index in [1.165, 1.54) is 24.4 Å². The Labute approximate surface area is 175 Å².